The van der Waals surface area contributed by atoms with E-state index in [0.29, 0.717) is 16.6 Å². The monoisotopic (exact) mass is 384 g/mol. The average molecular weight is 385 g/mol. The van der Waals surface area contributed by atoms with Crippen LogP contribution in [-0.4, -0.2) is 37.0 Å². The van der Waals surface area contributed by atoms with Gasteiger partial charge >= 0.3 is 0 Å². The van der Waals surface area contributed by atoms with Crippen LogP contribution in [0.4, 0.5) is 4.39 Å². The minimum atomic E-state index is -0.397. The Bertz CT molecular complexity index is 528. The maximum atomic E-state index is 13.2. The number of carbonyl (C=O) groups is 1. The van der Waals surface area contributed by atoms with Gasteiger partial charge in [-0.2, -0.15) is 0 Å². The second-order valence-electron chi connectivity index (χ2n) is 6.79. The van der Waals surface area contributed by atoms with Crippen LogP contribution in [0.25, 0.3) is 0 Å². The van der Waals surface area contributed by atoms with Crippen molar-refractivity contribution in [1.82, 2.24) is 10.2 Å². The molecule has 2 rings (SSSR count). The second-order valence-corrected chi connectivity index (χ2v) is 7.65. The van der Waals surface area contributed by atoms with Gasteiger partial charge in [0.05, 0.1) is 5.56 Å². The third-order valence-electron chi connectivity index (χ3n) is 4.30. The first-order valence-electron chi connectivity index (χ1n) is 8.41. The average Bonchev–Trinajstić information content (AvgIpc) is 2.48. The fourth-order valence-corrected chi connectivity index (χ4v) is 3.83. The molecule has 1 saturated heterocycles. The van der Waals surface area contributed by atoms with Crippen LogP contribution < -0.4 is 5.32 Å². The molecule has 1 N–H and O–H groups in total. The Balaban J connectivity index is 1.67. The molecule has 0 aliphatic carbocycles. The number of hydrogen-bond acceptors (Lipinski definition) is 2. The Kier molecular flexibility index (Phi) is 7.03. The summed E-state index contributed by atoms with van der Waals surface area (Å²) >= 11 is 3.28. The highest BCUT2D eigenvalue weighted by Gasteiger charge is 2.21. The highest BCUT2D eigenvalue weighted by molar-refractivity contribution is 9.10. The number of nitrogens with zero attached hydrogens (tertiary/aromatic N) is 1. The van der Waals surface area contributed by atoms with Crippen LogP contribution >= 0.6 is 15.9 Å². The molecule has 0 bridgehead atoms. The van der Waals surface area contributed by atoms with Crippen molar-refractivity contribution in [3.63, 3.8) is 0 Å². The summed E-state index contributed by atoms with van der Waals surface area (Å²) in [6.45, 7) is 8.73. The zero-order valence-corrected chi connectivity index (χ0v) is 15.5. The highest BCUT2D eigenvalue weighted by atomic mass is 79.9. The second kappa shape index (κ2) is 8.78. The van der Waals surface area contributed by atoms with Gasteiger partial charge in [0, 0.05) is 24.1 Å². The molecule has 0 spiro atoms. The molecular formula is C18H26BrFN2O. The Labute approximate surface area is 146 Å². The summed E-state index contributed by atoms with van der Waals surface area (Å²) in [6, 6.07) is 4.15. The number of carbonyl (C=O) groups excluding carboxylic acids is 1. The van der Waals surface area contributed by atoms with Crippen molar-refractivity contribution in [2.75, 3.05) is 26.2 Å². The van der Waals surface area contributed by atoms with Crippen LogP contribution in [0.2, 0.25) is 0 Å². The van der Waals surface area contributed by atoms with Crippen LogP contribution in [-0.2, 0) is 0 Å². The molecule has 0 unspecified atom stereocenters. The molecule has 1 aliphatic rings. The lowest BCUT2D eigenvalue weighted by atomic mass is 9.92. The highest BCUT2D eigenvalue weighted by Crippen LogP contribution is 2.21. The molecule has 1 heterocycles. The molecule has 1 aromatic rings. The number of hydrogen-bond donors (Lipinski definition) is 1. The maximum Gasteiger partial charge on any atom is 0.252 e. The number of benzene rings is 1. The van der Waals surface area contributed by atoms with E-state index in [0.717, 1.165) is 31.2 Å². The van der Waals surface area contributed by atoms with E-state index in [1.54, 1.807) is 6.07 Å². The van der Waals surface area contributed by atoms with Crippen molar-refractivity contribution in [1.29, 1.82) is 0 Å². The lowest BCUT2D eigenvalue weighted by molar-refractivity contribution is 0.0950. The van der Waals surface area contributed by atoms with Crippen molar-refractivity contribution >= 4 is 21.8 Å². The quantitative estimate of drug-likeness (QED) is 0.749. The molecule has 128 valence electrons. The molecule has 0 saturated carbocycles. The molecule has 1 amide bonds. The SMILES string of the molecule is C[C@@H]1C[C@@H](C)CN(CCCCNC(=O)c2cc(F)ccc2Br)C1. The van der Waals surface area contributed by atoms with Crippen molar-refractivity contribution in [3.05, 3.63) is 34.1 Å². The van der Waals surface area contributed by atoms with E-state index in [4.69, 9.17) is 0 Å². The molecule has 0 radical (unpaired) electrons. The number of likely N-dealkylation sites (tertiary alicyclic amines) is 1. The van der Waals surface area contributed by atoms with Gasteiger partial charge in [0.2, 0.25) is 0 Å². The van der Waals surface area contributed by atoms with E-state index < -0.39 is 5.82 Å². The van der Waals surface area contributed by atoms with Gasteiger partial charge < -0.3 is 10.2 Å². The van der Waals surface area contributed by atoms with Gasteiger partial charge in [0.25, 0.3) is 5.91 Å². The molecule has 5 heteroatoms. The topological polar surface area (TPSA) is 32.3 Å². The Morgan fingerprint density at radius 3 is 2.70 bits per heavy atom. The Morgan fingerprint density at radius 2 is 2.00 bits per heavy atom. The molecule has 3 nitrogen and oxygen atoms in total. The van der Waals surface area contributed by atoms with E-state index in [-0.39, 0.29) is 5.91 Å². The smallest absolute Gasteiger partial charge is 0.252 e. The lowest BCUT2D eigenvalue weighted by Crippen LogP contribution is -2.39. The molecule has 0 aromatic heterocycles. The first-order chi connectivity index (χ1) is 11.0. The van der Waals surface area contributed by atoms with Crippen molar-refractivity contribution in [2.45, 2.75) is 33.1 Å². The number of halogens is 2. The van der Waals surface area contributed by atoms with Gasteiger partial charge in [-0.15, -0.1) is 0 Å². The van der Waals surface area contributed by atoms with E-state index >= 15 is 0 Å². The molecule has 1 fully saturated rings. The third kappa shape index (κ3) is 5.88. The van der Waals surface area contributed by atoms with Gasteiger partial charge in [-0.1, -0.05) is 13.8 Å². The summed E-state index contributed by atoms with van der Waals surface area (Å²) in [5, 5.41) is 2.87. The summed E-state index contributed by atoms with van der Waals surface area (Å²) < 4.78 is 13.8. The number of nitrogens with one attached hydrogen (secondary N) is 1. The van der Waals surface area contributed by atoms with E-state index in [1.165, 1.54) is 31.6 Å². The van der Waals surface area contributed by atoms with E-state index in [2.05, 4.69) is 40.0 Å². The van der Waals surface area contributed by atoms with Crippen LogP contribution in [0.5, 0.6) is 0 Å². The normalized spacial score (nSPS) is 22.1. The van der Waals surface area contributed by atoms with Crippen LogP contribution in [0.15, 0.2) is 22.7 Å². The first-order valence-corrected chi connectivity index (χ1v) is 9.20. The summed E-state index contributed by atoms with van der Waals surface area (Å²) in [6.07, 6.45) is 3.34. The van der Waals surface area contributed by atoms with Crippen molar-refractivity contribution < 1.29 is 9.18 Å². The van der Waals surface area contributed by atoms with E-state index in [1.807, 2.05) is 0 Å². The summed E-state index contributed by atoms with van der Waals surface area (Å²) in [7, 11) is 0. The zero-order chi connectivity index (χ0) is 16.8. The summed E-state index contributed by atoms with van der Waals surface area (Å²) in [5.74, 6) is 0.941. The Morgan fingerprint density at radius 1 is 1.30 bits per heavy atom. The Hall–Kier alpha value is -0.940. The van der Waals surface area contributed by atoms with E-state index in [9.17, 15) is 9.18 Å². The third-order valence-corrected chi connectivity index (χ3v) is 5.00. The zero-order valence-electron chi connectivity index (χ0n) is 13.9. The molecule has 1 aromatic carbocycles. The maximum absolute atomic E-state index is 13.2. The van der Waals surface area contributed by atoms with Gasteiger partial charge in [-0.05, 0) is 71.8 Å². The number of unbranched alkanes of at least 4 members (excludes halogenated alkanes) is 1. The first kappa shape index (κ1) is 18.4. The molecule has 1 aliphatic heterocycles. The van der Waals surface area contributed by atoms with Gasteiger partial charge in [-0.3, -0.25) is 4.79 Å². The number of amides is 1. The molecule has 2 atom stereocenters. The predicted octanol–water partition coefficient (Wildman–Crippen LogP) is 4.08. The summed E-state index contributed by atoms with van der Waals surface area (Å²) in [5.41, 5.74) is 0.351. The minimum absolute atomic E-state index is 0.225. The van der Waals surface area contributed by atoms with Gasteiger partial charge in [0.15, 0.2) is 0 Å². The fourth-order valence-electron chi connectivity index (χ4n) is 3.40. The molecular weight excluding hydrogens is 359 g/mol. The van der Waals surface area contributed by atoms with Crippen LogP contribution in [0, 0.1) is 17.7 Å². The van der Waals surface area contributed by atoms with Crippen molar-refractivity contribution in [3.8, 4) is 0 Å². The number of piperidine rings is 1. The van der Waals surface area contributed by atoms with Gasteiger partial charge in [0.1, 0.15) is 5.82 Å². The lowest BCUT2D eigenvalue weighted by Gasteiger charge is -2.34. The fraction of sp³-hybridized carbons (Fsp3) is 0.611. The largest absolute Gasteiger partial charge is 0.352 e. The predicted molar refractivity (Wildman–Crippen MR) is 95.1 cm³/mol. The minimum Gasteiger partial charge on any atom is -0.352 e. The molecule has 23 heavy (non-hydrogen) atoms. The van der Waals surface area contributed by atoms with Crippen LogP contribution in [0.3, 0.4) is 0 Å². The van der Waals surface area contributed by atoms with Crippen molar-refractivity contribution in [2.24, 2.45) is 11.8 Å². The number of rotatable bonds is 6. The van der Waals surface area contributed by atoms with Gasteiger partial charge in [-0.25, -0.2) is 4.39 Å². The van der Waals surface area contributed by atoms with Crippen LogP contribution in [0.1, 0.15) is 43.5 Å². The standard InChI is InChI=1S/C18H26BrFN2O/c1-13-9-14(2)12-22(11-13)8-4-3-7-21-18(23)16-10-15(20)5-6-17(16)19/h5-6,10,13-14H,3-4,7-9,11-12H2,1-2H3,(H,21,23)/t13-,14-/m1/s1. The summed E-state index contributed by atoms with van der Waals surface area (Å²) in [4.78, 5) is 14.6.